The first kappa shape index (κ1) is 26.0. The van der Waals surface area contributed by atoms with Gasteiger partial charge in [0.2, 0.25) is 0 Å². The predicted octanol–water partition coefficient (Wildman–Crippen LogP) is 8.61. The van der Waals surface area contributed by atoms with Crippen LogP contribution in [0.25, 0.3) is 0 Å². The minimum atomic E-state index is -0.411. The average Bonchev–Trinajstić information content (AvgIpc) is 2.85. The number of hydrogen-bond acceptors (Lipinski definition) is 3. The molecular formula is C31H41NO2. The first-order valence-electron chi connectivity index (χ1n) is 13.3. The van der Waals surface area contributed by atoms with Crippen molar-refractivity contribution < 1.29 is 9.53 Å². The van der Waals surface area contributed by atoms with Gasteiger partial charge >= 0.3 is 5.97 Å². The van der Waals surface area contributed by atoms with E-state index in [4.69, 9.17) is 4.74 Å². The predicted molar refractivity (Wildman–Crippen MR) is 139 cm³/mol. The lowest BCUT2D eigenvalue weighted by Gasteiger charge is -2.29. The zero-order chi connectivity index (χ0) is 24.3. The highest BCUT2D eigenvalue weighted by molar-refractivity contribution is 5.91. The number of benzene rings is 2. The minimum absolute atomic E-state index is 0.331. The first-order valence-corrected chi connectivity index (χ1v) is 13.3. The summed E-state index contributed by atoms with van der Waals surface area (Å²) in [5.41, 5.74) is 3.35. The second kappa shape index (κ2) is 13.3. The van der Waals surface area contributed by atoms with Gasteiger partial charge in [-0.1, -0.05) is 77.5 Å². The van der Waals surface area contributed by atoms with Crippen LogP contribution in [0, 0.1) is 23.2 Å². The van der Waals surface area contributed by atoms with Crippen LogP contribution >= 0.6 is 0 Å². The summed E-state index contributed by atoms with van der Waals surface area (Å²) in [4.78, 5) is 12.7. The standard InChI is InChI=1S/C31H41NO2/c1-4-5-6-7-8-9-24-10-13-26(14-11-24)27-15-17-28(18-16-27)31(33)34-30-19-12-25(20-23(2)3)21-29(30)22-32/h12,15-19,21,23-24,26H,4-11,13-14,20H2,1-3H3. The molecule has 0 aliphatic heterocycles. The number of rotatable bonds is 11. The van der Waals surface area contributed by atoms with Crippen LogP contribution in [0.15, 0.2) is 42.5 Å². The molecule has 1 fully saturated rings. The summed E-state index contributed by atoms with van der Waals surface area (Å²) >= 11 is 0. The first-order chi connectivity index (χ1) is 16.5. The van der Waals surface area contributed by atoms with E-state index in [9.17, 15) is 10.1 Å². The molecule has 1 aliphatic rings. The molecule has 0 heterocycles. The third-order valence-corrected chi connectivity index (χ3v) is 7.19. The van der Waals surface area contributed by atoms with E-state index in [0.29, 0.717) is 28.7 Å². The molecule has 0 unspecified atom stereocenters. The van der Waals surface area contributed by atoms with E-state index >= 15 is 0 Å². The number of carbonyl (C=O) groups excluding carboxylic acids is 1. The molecule has 0 bridgehead atoms. The van der Waals surface area contributed by atoms with Crippen LogP contribution in [0.4, 0.5) is 0 Å². The molecule has 1 aliphatic carbocycles. The average molecular weight is 460 g/mol. The zero-order valence-corrected chi connectivity index (χ0v) is 21.3. The molecule has 3 heteroatoms. The highest BCUT2D eigenvalue weighted by Gasteiger charge is 2.22. The molecule has 0 amide bonds. The molecule has 2 aromatic rings. The summed E-state index contributed by atoms with van der Waals surface area (Å²) < 4.78 is 5.58. The second-order valence-electron chi connectivity index (χ2n) is 10.5. The Hall–Kier alpha value is -2.60. The fraction of sp³-hybridized carbons (Fsp3) is 0.548. The maximum Gasteiger partial charge on any atom is 0.343 e. The third kappa shape index (κ3) is 7.73. The monoisotopic (exact) mass is 459 g/mol. The number of esters is 1. The van der Waals surface area contributed by atoms with Crippen LogP contribution in [-0.4, -0.2) is 5.97 Å². The lowest BCUT2D eigenvalue weighted by atomic mass is 9.77. The molecule has 3 rings (SSSR count). The fourth-order valence-corrected chi connectivity index (χ4v) is 5.22. The van der Waals surface area contributed by atoms with Crippen molar-refractivity contribution >= 4 is 5.97 Å². The van der Waals surface area contributed by atoms with Gasteiger partial charge in [0.25, 0.3) is 0 Å². The van der Waals surface area contributed by atoms with E-state index in [1.165, 1.54) is 69.8 Å². The summed E-state index contributed by atoms with van der Waals surface area (Å²) in [6, 6.07) is 15.6. The Balaban J connectivity index is 1.51. The van der Waals surface area contributed by atoms with Crippen molar-refractivity contribution in [1.82, 2.24) is 0 Å². The summed E-state index contributed by atoms with van der Waals surface area (Å²) in [7, 11) is 0. The van der Waals surface area contributed by atoms with Crippen LogP contribution < -0.4 is 4.74 Å². The van der Waals surface area contributed by atoms with Crippen molar-refractivity contribution in [1.29, 1.82) is 5.26 Å². The molecule has 0 aromatic heterocycles. The maximum absolute atomic E-state index is 12.7. The van der Waals surface area contributed by atoms with Gasteiger partial charge in [0.05, 0.1) is 11.1 Å². The summed E-state index contributed by atoms with van der Waals surface area (Å²) in [6.45, 7) is 6.56. The molecular weight excluding hydrogens is 418 g/mol. The van der Waals surface area contributed by atoms with Crippen molar-refractivity contribution in [3.05, 3.63) is 64.7 Å². The quantitative estimate of drug-likeness (QED) is 0.192. The number of nitrogens with zero attached hydrogens (tertiary/aromatic N) is 1. The number of nitriles is 1. The largest absolute Gasteiger partial charge is 0.422 e. The maximum atomic E-state index is 12.7. The Morgan fingerprint density at radius 2 is 1.71 bits per heavy atom. The van der Waals surface area contributed by atoms with Crippen molar-refractivity contribution in [2.75, 3.05) is 0 Å². The van der Waals surface area contributed by atoms with Gasteiger partial charge in [0.15, 0.2) is 0 Å². The number of hydrogen-bond donors (Lipinski definition) is 0. The van der Waals surface area contributed by atoms with Gasteiger partial charge in [-0.25, -0.2) is 4.79 Å². The molecule has 0 spiro atoms. The molecule has 0 radical (unpaired) electrons. The van der Waals surface area contributed by atoms with Crippen molar-refractivity contribution in [2.24, 2.45) is 11.8 Å². The SMILES string of the molecule is CCCCCCCC1CCC(c2ccc(C(=O)Oc3ccc(CC(C)C)cc3C#N)cc2)CC1. The van der Waals surface area contributed by atoms with E-state index in [-0.39, 0.29) is 0 Å². The molecule has 0 N–H and O–H groups in total. The number of carbonyl (C=O) groups is 1. The lowest BCUT2D eigenvalue weighted by molar-refractivity contribution is 0.0734. The van der Waals surface area contributed by atoms with Crippen LogP contribution in [0.3, 0.4) is 0 Å². The Kier molecular flexibility index (Phi) is 10.2. The fourth-order valence-electron chi connectivity index (χ4n) is 5.22. The van der Waals surface area contributed by atoms with Crippen LogP contribution in [-0.2, 0) is 6.42 Å². The Morgan fingerprint density at radius 1 is 1.00 bits per heavy atom. The second-order valence-corrected chi connectivity index (χ2v) is 10.5. The topological polar surface area (TPSA) is 50.1 Å². The van der Waals surface area contributed by atoms with E-state index in [0.717, 1.165) is 17.9 Å². The van der Waals surface area contributed by atoms with Gasteiger partial charge < -0.3 is 4.74 Å². The number of unbranched alkanes of at least 4 members (excludes halogenated alkanes) is 4. The van der Waals surface area contributed by atoms with Gasteiger partial charge in [-0.15, -0.1) is 0 Å². The van der Waals surface area contributed by atoms with E-state index in [1.807, 2.05) is 24.3 Å². The Morgan fingerprint density at radius 3 is 2.35 bits per heavy atom. The lowest BCUT2D eigenvalue weighted by Crippen LogP contribution is -2.14. The molecule has 3 nitrogen and oxygen atoms in total. The van der Waals surface area contributed by atoms with E-state index in [1.54, 1.807) is 6.07 Å². The van der Waals surface area contributed by atoms with Gasteiger partial charge in [-0.2, -0.15) is 5.26 Å². The van der Waals surface area contributed by atoms with E-state index in [2.05, 4.69) is 39.0 Å². The molecule has 182 valence electrons. The Labute approximate surface area is 206 Å². The van der Waals surface area contributed by atoms with Crippen molar-refractivity contribution in [3.63, 3.8) is 0 Å². The van der Waals surface area contributed by atoms with Crippen LogP contribution in [0.2, 0.25) is 0 Å². The summed E-state index contributed by atoms with van der Waals surface area (Å²) in [5, 5.41) is 9.50. The van der Waals surface area contributed by atoms with Crippen molar-refractivity contribution in [2.45, 2.75) is 97.3 Å². The molecule has 2 aromatic carbocycles. The third-order valence-electron chi connectivity index (χ3n) is 7.19. The normalized spacial score (nSPS) is 18.0. The van der Waals surface area contributed by atoms with Gasteiger partial charge in [-0.05, 0) is 85.3 Å². The summed E-state index contributed by atoms with van der Waals surface area (Å²) in [5.74, 6) is 1.92. The van der Waals surface area contributed by atoms with Gasteiger partial charge in [-0.3, -0.25) is 0 Å². The highest BCUT2D eigenvalue weighted by atomic mass is 16.5. The molecule has 1 saturated carbocycles. The highest BCUT2D eigenvalue weighted by Crippen LogP contribution is 2.38. The van der Waals surface area contributed by atoms with Crippen molar-refractivity contribution in [3.8, 4) is 11.8 Å². The minimum Gasteiger partial charge on any atom is -0.422 e. The van der Waals surface area contributed by atoms with Gasteiger partial charge in [0, 0.05) is 0 Å². The molecule has 34 heavy (non-hydrogen) atoms. The van der Waals surface area contributed by atoms with Crippen LogP contribution in [0.1, 0.15) is 118 Å². The van der Waals surface area contributed by atoms with Gasteiger partial charge in [0.1, 0.15) is 11.8 Å². The molecule has 0 atom stereocenters. The van der Waals surface area contributed by atoms with E-state index < -0.39 is 5.97 Å². The zero-order valence-electron chi connectivity index (χ0n) is 21.3. The molecule has 0 saturated heterocycles. The number of ether oxygens (including phenoxy) is 1. The smallest absolute Gasteiger partial charge is 0.343 e. The van der Waals surface area contributed by atoms with Crippen LogP contribution in [0.5, 0.6) is 5.75 Å². The Bertz CT molecular complexity index is 946. The summed E-state index contributed by atoms with van der Waals surface area (Å²) in [6.07, 6.45) is 14.3.